The molecule has 3 rings (SSSR count). The van der Waals surface area contributed by atoms with Gasteiger partial charge in [0, 0.05) is 10.6 Å². The monoisotopic (exact) mass is 328 g/mol. The van der Waals surface area contributed by atoms with Crippen LogP contribution in [0, 0.1) is 0 Å². The molecule has 0 spiro atoms. The summed E-state index contributed by atoms with van der Waals surface area (Å²) in [5, 5.41) is 3.51. The number of halogens is 1. The molecule has 2 aromatic carbocycles. The van der Waals surface area contributed by atoms with Gasteiger partial charge in [0.15, 0.2) is 5.82 Å². The summed E-state index contributed by atoms with van der Waals surface area (Å²) < 4.78 is 0. The first-order valence-corrected chi connectivity index (χ1v) is 8.02. The number of nitrogens with zero attached hydrogens (tertiary/aromatic N) is 1. The summed E-state index contributed by atoms with van der Waals surface area (Å²) >= 11 is 6.05. The quantitative estimate of drug-likeness (QED) is 0.773. The van der Waals surface area contributed by atoms with E-state index in [1.807, 2.05) is 43.3 Å². The zero-order chi connectivity index (χ0) is 16.4. The van der Waals surface area contributed by atoms with Crippen LogP contribution in [-0.2, 0) is 0 Å². The fraction of sp³-hybridized carbons (Fsp3) is 0.222. The maximum absolute atomic E-state index is 12.2. The Balaban J connectivity index is 1.86. The van der Waals surface area contributed by atoms with Crippen LogP contribution in [0.1, 0.15) is 37.3 Å². The van der Waals surface area contributed by atoms with Crippen molar-refractivity contribution in [2.24, 2.45) is 0 Å². The fourth-order valence-corrected chi connectivity index (χ4v) is 2.94. The highest BCUT2D eigenvalue weighted by atomic mass is 35.5. The van der Waals surface area contributed by atoms with E-state index in [1.165, 1.54) is 0 Å². The molecule has 3 aromatic rings. The zero-order valence-electron chi connectivity index (χ0n) is 13.1. The van der Waals surface area contributed by atoms with Crippen LogP contribution < -0.4 is 10.9 Å². The zero-order valence-corrected chi connectivity index (χ0v) is 13.8. The molecule has 0 aliphatic carbocycles. The summed E-state index contributed by atoms with van der Waals surface area (Å²) in [6.45, 7) is 4.15. The van der Waals surface area contributed by atoms with Crippen molar-refractivity contribution in [1.82, 2.24) is 9.97 Å². The predicted octanol–water partition coefficient (Wildman–Crippen LogP) is 2.96. The van der Waals surface area contributed by atoms with Gasteiger partial charge in [-0.05, 0) is 38.1 Å². The van der Waals surface area contributed by atoms with Crippen LogP contribution in [0.3, 0.4) is 0 Å². The Morgan fingerprint density at radius 3 is 2.65 bits per heavy atom. The van der Waals surface area contributed by atoms with E-state index >= 15 is 0 Å². The second-order valence-electron chi connectivity index (χ2n) is 5.79. The molecule has 118 valence electrons. The second-order valence-corrected chi connectivity index (χ2v) is 6.23. The molecule has 0 unspecified atom stereocenters. The van der Waals surface area contributed by atoms with E-state index in [-0.39, 0.29) is 17.6 Å². The molecule has 0 amide bonds. The van der Waals surface area contributed by atoms with Gasteiger partial charge < -0.3 is 10.3 Å². The Morgan fingerprint density at radius 1 is 1.09 bits per heavy atom. The van der Waals surface area contributed by atoms with Crippen molar-refractivity contribution in [3.8, 4) is 0 Å². The molecule has 2 atom stereocenters. The fourth-order valence-electron chi connectivity index (χ4n) is 2.75. The standard InChI is InChI=1S/C18H18ClN3O/c1-11(13-6-5-7-14(19)10-13)20-12(2)17-21-16-9-4-3-8-15(16)18(23)22-17/h3-12,20H,1-2H3,(H,21,22,23)/p+1/t11-,12-/m1/s1. The summed E-state index contributed by atoms with van der Waals surface area (Å²) in [7, 11) is 0. The van der Waals surface area contributed by atoms with Crippen molar-refractivity contribution in [1.29, 1.82) is 0 Å². The number of nitrogens with two attached hydrogens (primary N) is 1. The lowest BCUT2D eigenvalue weighted by molar-refractivity contribution is -0.729. The van der Waals surface area contributed by atoms with Crippen LogP contribution in [0.25, 0.3) is 10.9 Å². The van der Waals surface area contributed by atoms with Crippen molar-refractivity contribution in [2.45, 2.75) is 25.9 Å². The average Bonchev–Trinajstić information content (AvgIpc) is 2.54. The Labute approximate surface area is 139 Å². The van der Waals surface area contributed by atoms with Crippen LogP contribution in [-0.4, -0.2) is 9.97 Å². The second kappa shape index (κ2) is 6.52. The third-order valence-electron chi connectivity index (χ3n) is 4.01. The number of quaternary nitrogens is 1. The van der Waals surface area contributed by atoms with Gasteiger partial charge in [-0.3, -0.25) is 4.79 Å². The maximum atomic E-state index is 12.2. The molecule has 0 radical (unpaired) electrons. The largest absolute Gasteiger partial charge is 0.332 e. The molecule has 1 heterocycles. The summed E-state index contributed by atoms with van der Waals surface area (Å²) in [4.78, 5) is 19.7. The predicted molar refractivity (Wildman–Crippen MR) is 92.6 cm³/mol. The summed E-state index contributed by atoms with van der Waals surface area (Å²) in [6, 6.07) is 15.4. The number of fused-ring (bicyclic) bond motifs is 1. The molecule has 23 heavy (non-hydrogen) atoms. The molecule has 0 saturated heterocycles. The number of benzene rings is 2. The molecule has 4 nitrogen and oxygen atoms in total. The highest BCUT2D eigenvalue weighted by molar-refractivity contribution is 6.30. The molecule has 0 aliphatic heterocycles. The van der Waals surface area contributed by atoms with Gasteiger partial charge in [0.25, 0.3) is 5.56 Å². The summed E-state index contributed by atoms with van der Waals surface area (Å²) in [6.07, 6.45) is 0. The third kappa shape index (κ3) is 3.44. The number of H-pyrrole nitrogens is 1. The van der Waals surface area contributed by atoms with E-state index in [0.717, 1.165) is 16.1 Å². The number of rotatable bonds is 4. The molecule has 0 saturated carbocycles. The van der Waals surface area contributed by atoms with Gasteiger partial charge in [0.05, 0.1) is 10.9 Å². The molecule has 0 aliphatic rings. The van der Waals surface area contributed by atoms with Gasteiger partial charge in [-0.2, -0.15) is 0 Å². The number of nitrogens with one attached hydrogen (secondary N) is 1. The first kappa shape index (κ1) is 15.7. The van der Waals surface area contributed by atoms with Crippen molar-refractivity contribution in [3.05, 3.63) is 75.3 Å². The SMILES string of the molecule is C[C@@H]([NH2+][C@H](C)c1nc2ccccc2c(=O)[nH]1)c1cccc(Cl)c1. The first-order chi connectivity index (χ1) is 11.0. The minimum atomic E-state index is -0.0961. The number of para-hydroxylation sites is 1. The van der Waals surface area contributed by atoms with Crippen LogP contribution >= 0.6 is 11.6 Å². The van der Waals surface area contributed by atoms with Gasteiger partial charge in [0.2, 0.25) is 0 Å². The number of aromatic amines is 1. The molecule has 1 aromatic heterocycles. The molecule has 3 N–H and O–H groups in total. The smallest absolute Gasteiger partial charge is 0.258 e. The van der Waals surface area contributed by atoms with Gasteiger partial charge in [-0.1, -0.05) is 35.9 Å². The van der Waals surface area contributed by atoms with Gasteiger partial charge in [-0.15, -0.1) is 0 Å². The van der Waals surface area contributed by atoms with Crippen LogP contribution in [0.15, 0.2) is 53.3 Å². The van der Waals surface area contributed by atoms with Crippen molar-refractivity contribution in [3.63, 3.8) is 0 Å². The van der Waals surface area contributed by atoms with E-state index in [9.17, 15) is 4.79 Å². The first-order valence-electron chi connectivity index (χ1n) is 7.64. The average molecular weight is 329 g/mol. The van der Waals surface area contributed by atoms with E-state index < -0.39 is 0 Å². The molecular weight excluding hydrogens is 310 g/mol. The van der Waals surface area contributed by atoms with Gasteiger partial charge in [0.1, 0.15) is 12.1 Å². The van der Waals surface area contributed by atoms with Gasteiger partial charge in [-0.25, -0.2) is 4.98 Å². The van der Waals surface area contributed by atoms with E-state index in [0.29, 0.717) is 11.2 Å². The van der Waals surface area contributed by atoms with Crippen molar-refractivity contribution < 1.29 is 5.32 Å². The molecular formula is C18H19ClN3O+. The highest BCUT2D eigenvalue weighted by Gasteiger charge is 2.18. The Hall–Kier alpha value is -2.17. The number of aromatic nitrogens is 2. The summed E-state index contributed by atoms with van der Waals surface area (Å²) in [5.41, 5.74) is 1.77. The number of hydrogen-bond donors (Lipinski definition) is 2. The lowest BCUT2D eigenvalue weighted by atomic mass is 10.1. The van der Waals surface area contributed by atoms with E-state index in [2.05, 4.69) is 28.3 Å². The van der Waals surface area contributed by atoms with Crippen LogP contribution in [0.5, 0.6) is 0 Å². The minimum Gasteiger partial charge on any atom is -0.332 e. The Kier molecular flexibility index (Phi) is 4.46. The topological polar surface area (TPSA) is 62.4 Å². The van der Waals surface area contributed by atoms with Crippen LogP contribution in [0.2, 0.25) is 5.02 Å². The van der Waals surface area contributed by atoms with E-state index in [1.54, 1.807) is 6.07 Å². The molecule has 0 fully saturated rings. The lowest BCUT2D eigenvalue weighted by Crippen LogP contribution is -2.85. The Morgan fingerprint density at radius 2 is 1.87 bits per heavy atom. The Bertz CT molecular complexity index is 891. The van der Waals surface area contributed by atoms with Crippen LogP contribution in [0.4, 0.5) is 0 Å². The normalized spacial score (nSPS) is 13.9. The van der Waals surface area contributed by atoms with E-state index in [4.69, 9.17) is 11.6 Å². The van der Waals surface area contributed by atoms with Gasteiger partial charge >= 0.3 is 0 Å². The minimum absolute atomic E-state index is 0.0290. The van der Waals surface area contributed by atoms with Crippen molar-refractivity contribution >= 4 is 22.5 Å². The van der Waals surface area contributed by atoms with Crippen molar-refractivity contribution in [2.75, 3.05) is 0 Å². The number of hydrogen-bond acceptors (Lipinski definition) is 2. The third-order valence-corrected chi connectivity index (χ3v) is 4.25. The molecule has 0 bridgehead atoms. The highest BCUT2D eigenvalue weighted by Crippen LogP contribution is 2.16. The maximum Gasteiger partial charge on any atom is 0.258 e. The molecule has 5 heteroatoms. The summed E-state index contributed by atoms with van der Waals surface area (Å²) in [5.74, 6) is 0.683. The lowest BCUT2D eigenvalue weighted by Gasteiger charge is -2.17.